The summed E-state index contributed by atoms with van der Waals surface area (Å²) in [6.07, 6.45) is 1.62. The number of hydrogen-bond donors (Lipinski definition) is 1. The van der Waals surface area contributed by atoms with Gasteiger partial charge in [0.05, 0.1) is 13.7 Å². The summed E-state index contributed by atoms with van der Waals surface area (Å²) in [5.41, 5.74) is 1.41. The highest BCUT2D eigenvalue weighted by Crippen LogP contribution is 2.18. The number of amides is 1. The Labute approximate surface area is 164 Å². The van der Waals surface area contributed by atoms with E-state index in [1.807, 2.05) is 54.6 Å². The molecule has 0 radical (unpaired) electrons. The molecular weight excluding hydrogens is 354 g/mol. The molecule has 144 valence electrons. The molecule has 0 fully saturated rings. The van der Waals surface area contributed by atoms with Gasteiger partial charge in [-0.3, -0.25) is 4.79 Å². The minimum atomic E-state index is -0.0915. The van der Waals surface area contributed by atoms with Crippen molar-refractivity contribution in [2.75, 3.05) is 37.5 Å². The molecule has 0 unspecified atom stereocenters. The average Bonchev–Trinajstić information content (AvgIpc) is 2.77. The summed E-state index contributed by atoms with van der Waals surface area (Å²) in [5.74, 6) is 2.09. The predicted molar refractivity (Wildman–Crippen MR) is 110 cm³/mol. The third-order valence-corrected chi connectivity index (χ3v) is 4.19. The molecule has 0 aliphatic carbocycles. The molecule has 6 nitrogen and oxygen atoms in total. The number of para-hydroxylation sites is 1. The van der Waals surface area contributed by atoms with Crippen LogP contribution in [0.3, 0.4) is 0 Å². The second-order valence-electron chi connectivity index (χ2n) is 6.08. The third kappa shape index (κ3) is 5.01. The van der Waals surface area contributed by atoms with Crippen molar-refractivity contribution in [1.82, 2.24) is 4.98 Å². The Kier molecular flexibility index (Phi) is 6.46. The minimum Gasteiger partial charge on any atom is -0.497 e. The summed E-state index contributed by atoms with van der Waals surface area (Å²) < 4.78 is 10.8. The smallest absolute Gasteiger partial charge is 0.258 e. The van der Waals surface area contributed by atoms with E-state index in [0.717, 1.165) is 17.2 Å². The van der Waals surface area contributed by atoms with Crippen LogP contribution >= 0.6 is 0 Å². The van der Waals surface area contributed by atoms with Crippen LogP contribution in [0.1, 0.15) is 10.4 Å². The molecule has 1 N–H and O–H groups in total. The molecule has 0 bridgehead atoms. The Hall–Kier alpha value is -3.54. The number of carbonyl (C=O) groups is 1. The lowest BCUT2D eigenvalue weighted by Gasteiger charge is -2.17. The van der Waals surface area contributed by atoms with Crippen LogP contribution in [0, 0.1) is 0 Å². The van der Waals surface area contributed by atoms with E-state index in [9.17, 15) is 4.79 Å². The number of methoxy groups -OCH3 is 1. The first kappa shape index (κ1) is 19.2. The first-order valence-electron chi connectivity index (χ1n) is 8.97. The zero-order valence-corrected chi connectivity index (χ0v) is 16.0. The highest BCUT2D eigenvalue weighted by molar-refractivity contribution is 6.06. The van der Waals surface area contributed by atoms with E-state index >= 15 is 0 Å². The van der Waals surface area contributed by atoms with Gasteiger partial charge in [-0.15, -0.1) is 0 Å². The Morgan fingerprint density at radius 3 is 2.46 bits per heavy atom. The van der Waals surface area contributed by atoms with Gasteiger partial charge in [0.2, 0.25) is 0 Å². The van der Waals surface area contributed by atoms with E-state index in [0.29, 0.717) is 24.5 Å². The van der Waals surface area contributed by atoms with Crippen molar-refractivity contribution in [1.29, 1.82) is 0 Å². The topological polar surface area (TPSA) is 63.7 Å². The van der Waals surface area contributed by atoms with Gasteiger partial charge >= 0.3 is 0 Å². The molecular formula is C22H23N3O3. The second kappa shape index (κ2) is 9.41. The van der Waals surface area contributed by atoms with E-state index < -0.39 is 0 Å². The maximum Gasteiger partial charge on any atom is 0.258 e. The number of nitrogens with zero attached hydrogens (tertiary/aromatic N) is 2. The molecule has 0 atom stereocenters. The highest BCUT2D eigenvalue weighted by Gasteiger charge is 2.13. The molecule has 1 aromatic heterocycles. The number of rotatable bonds is 8. The monoisotopic (exact) mass is 377 g/mol. The lowest BCUT2D eigenvalue weighted by molar-refractivity contribution is 0.0993. The predicted octanol–water partition coefficient (Wildman–Crippen LogP) is 3.86. The molecule has 2 aromatic carbocycles. The van der Waals surface area contributed by atoms with Crippen LogP contribution in [0.2, 0.25) is 0 Å². The van der Waals surface area contributed by atoms with Crippen LogP contribution in [-0.2, 0) is 0 Å². The molecule has 0 aliphatic rings. The molecule has 0 saturated carbocycles. The van der Waals surface area contributed by atoms with Crippen molar-refractivity contribution in [3.05, 3.63) is 78.5 Å². The van der Waals surface area contributed by atoms with E-state index in [1.54, 1.807) is 37.4 Å². The van der Waals surface area contributed by atoms with Crippen LogP contribution in [0.15, 0.2) is 72.9 Å². The van der Waals surface area contributed by atoms with Crippen molar-refractivity contribution in [3.63, 3.8) is 0 Å². The minimum absolute atomic E-state index is 0.0915. The first-order chi connectivity index (χ1) is 13.7. The lowest BCUT2D eigenvalue weighted by atomic mass is 10.2. The Bertz CT molecular complexity index is 898. The summed E-state index contributed by atoms with van der Waals surface area (Å²) in [7, 11) is 3.39. The second-order valence-corrected chi connectivity index (χ2v) is 6.08. The number of ether oxygens (including phenoxy) is 2. The highest BCUT2D eigenvalue weighted by atomic mass is 16.5. The molecule has 0 spiro atoms. The Morgan fingerprint density at radius 2 is 1.75 bits per heavy atom. The van der Waals surface area contributed by atoms with Gasteiger partial charge in [0.15, 0.2) is 0 Å². The van der Waals surface area contributed by atoms with E-state index in [2.05, 4.69) is 10.3 Å². The van der Waals surface area contributed by atoms with Crippen LogP contribution in [0.4, 0.5) is 11.5 Å². The number of aromatic nitrogens is 1. The molecule has 1 amide bonds. The Morgan fingerprint density at radius 1 is 1.04 bits per heavy atom. The quantitative estimate of drug-likeness (QED) is 0.604. The summed E-state index contributed by atoms with van der Waals surface area (Å²) in [6, 6.07) is 20.4. The Balaban J connectivity index is 1.53. The largest absolute Gasteiger partial charge is 0.497 e. The van der Waals surface area contributed by atoms with Crippen LogP contribution < -0.4 is 19.7 Å². The van der Waals surface area contributed by atoms with Crippen molar-refractivity contribution in [2.45, 2.75) is 0 Å². The number of benzene rings is 2. The summed E-state index contributed by atoms with van der Waals surface area (Å²) in [6.45, 7) is 1.03. The molecule has 0 aliphatic heterocycles. The molecule has 3 rings (SSSR count). The number of nitrogens with one attached hydrogen (secondary N) is 1. The average molecular weight is 377 g/mol. The van der Waals surface area contributed by atoms with Gasteiger partial charge in [-0.2, -0.15) is 0 Å². The van der Waals surface area contributed by atoms with Gasteiger partial charge < -0.3 is 19.7 Å². The van der Waals surface area contributed by atoms with Gasteiger partial charge in [0, 0.05) is 24.5 Å². The molecule has 0 saturated heterocycles. The van der Waals surface area contributed by atoms with Crippen LogP contribution in [0.5, 0.6) is 11.5 Å². The first-order valence-corrected chi connectivity index (χ1v) is 8.97. The third-order valence-electron chi connectivity index (χ3n) is 4.19. The normalized spacial score (nSPS) is 10.2. The van der Waals surface area contributed by atoms with Crippen molar-refractivity contribution in [2.24, 2.45) is 0 Å². The van der Waals surface area contributed by atoms with E-state index in [4.69, 9.17) is 9.47 Å². The van der Waals surface area contributed by atoms with Gasteiger partial charge in [-0.25, -0.2) is 4.98 Å². The summed E-state index contributed by atoms with van der Waals surface area (Å²) in [4.78, 5) is 18.6. The fourth-order valence-corrected chi connectivity index (χ4v) is 2.64. The van der Waals surface area contributed by atoms with Crippen molar-refractivity contribution >= 4 is 17.4 Å². The van der Waals surface area contributed by atoms with Crippen molar-refractivity contribution < 1.29 is 14.3 Å². The van der Waals surface area contributed by atoms with Crippen LogP contribution in [-0.4, -0.2) is 38.2 Å². The SMILES string of the molecule is COc1ccc(OCCNc2cc(C(=O)N(C)c3ccccc3)ccn2)cc1. The lowest BCUT2D eigenvalue weighted by Crippen LogP contribution is -2.26. The molecule has 6 heteroatoms. The van der Waals surface area contributed by atoms with E-state index in [-0.39, 0.29) is 5.91 Å². The number of carbonyl (C=O) groups excluding carboxylic acids is 1. The van der Waals surface area contributed by atoms with E-state index in [1.165, 1.54) is 0 Å². The zero-order chi connectivity index (χ0) is 19.8. The number of anilines is 2. The fourth-order valence-electron chi connectivity index (χ4n) is 2.64. The standard InChI is InChI=1S/C22H23N3O3/c1-25(18-6-4-3-5-7-18)22(26)17-12-13-23-21(16-17)24-14-15-28-20-10-8-19(27-2)9-11-20/h3-13,16H,14-15H2,1-2H3,(H,23,24). The molecule has 1 heterocycles. The summed E-state index contributed by atoms with van der Waals surface area (Å²) >= 11 is 0. The van der Waals surface area contributed by atoms with Crippen molar-refractivity contribution in [3.8, 4) is 11.5 Å². The van der Waals surface area contributed by atoms with Gasteiger partial charge in [-0.1, -0.05) is 18.2 Å². The van der Waals surface area contributed by atoms with Crippen LogP contribution in [0.25, 0.3) is 0 Å². The summed E-state index contributed by atoms with van der Waals surface area (Å²) in [5, 5.41) is 3.18. The molecule has 28 heavy (non-hydrogen) atoms. The van der Waals surface area contributed by atoms with Gasteiger partial charge in [-0.05, 0) is 48.5 Å². The zero-order valence-electron chi connectivity index (χ0n) is 16.0. The van der Waals surface area contributed by atoms with Gasteiger partial charge in [0.25, 0.3) is 5.91 Å². The maximum atomic E-state index is 12.7. The fraction of sp³-hybridized carbons (Fsp3) is 0.182. The van der Waals surface area contributed by atoms with Gasteiger partial charge in [0.1, 0.15) is 23.9 Å². The maximum absolute atomic E-state index is 12.7. The molecule has 3 aromatic rings. The number of hydrogen-bond acceptors (Lipinski definition) is 5. The number of pyridine rings is 1.